The first-order chi connectivity index (χ1) is 7.28. The lowest BCUT2D eigenvalue weighted by Crippen LogP contribution is -2.55. The fraction of sp³-hybridized carbons (Fsp3) is 0.917. The fourth-order valence-electron chi connectivity index (χ4n) is 2.95. The highest BCUT2D eigenvalue weighted by Gasteiger charge is 2.50. The van der Waals surface area contributed by atoms with Gasteiger partial charge >= 0.3 is 6.09 Å². The van der Waals surface area contributed by atoms with Gasteiger partial charge in [-0.1, -0.05) is 0 Å². The van der Waals surface area contributed by atoms with E-state index < -0.39 is 5.60 Å². The standard InChI is InChI=1S/C12H22N2O2/c1-11(2,3)16-10(15)14-9-6-8-4-5-12(9,13)7-8/h8-9H,4-7,13H2,1-3H3,(H,14,15)/t8-,9+,12+/m0/s1. The number of carbonyl (C=O) groups is 1. The van der Waals surface area contributed by atoms with Crippen molar-refractivity contribution in [2.24, 2.45) is 11.7 Å². The Labute approximate surface area is 96.9 Å². The zero-order valence-corrected chi connectivity index (χ0v) is 10.4. The predicted molar refractivity (Wildman–Crippen MR) is 62.0 cm³/mol. The molecule has 1 amide bonds. The van der Waals surface area contributed by atoms with Crippen LogP contribution >= 0.6 is 0 Å². The summed E-state index contributed by atoms with van der Waals surface area (Å²) in [4.78, 5) is 11.6. The smallest absolute Gasteiger partial charge is 0.407 e. The maximum absolute atomic E-state index is 11.6. The van der Waals surface area contributed by atoms with E-state index in [1.165, 1.54) is 6.42 Å². The second kappa shape index (κ2) is 3.62. The van der Waals surface area contributed by atoms with E-state index in [1.54, 1.807) is 0 Å². The summed E-state index contributed by atoms with van der Waals surface area (Å²) in [5, 5.41) is 2.92. The molecular formula is C12H22N2O2. The van der Waals surface area contributed by atoms with Crippen LogP contribution in [-0.2, 0) is 4.74 Å². The summed E-state index contributed by atoms with van der Waals surface area (Å²) < 4.78 is 5.25. The Bertz CT molecular complexity index is 298. The van der Waals surface area contributed by atoms with Gasteiger partial charge in [-0.25, -0.2) is 4.79 Å². The number of amides is 1. The normalized spacial score (nSPS) is 37.5. The van der Waals surface area contributed by atoms with Crippen LogP contribution in [0.2, 0.25) is 0 Å². The van der Waals surface area contributed by atoms with E-state index in [-0.39, 0.29) is 17.7 Å². The lowest BCUT2D eigenvalue weighted by atomic mass is 9.89. The summed E-state index contributed by atoms with van der Waals surface area (Å²) in [5.41, 5.74) is 5.67. The third-order valence-corrected chi connectivity index (χ3v) is 3.64. The summed E-state index contributed by atoms with van der Waals surface area (Å²) in [7, 11) is 0. The Morgan fingerprint density at radius 2 is 2.19 bits per heavy atom. The zero-order valence-electron chi connectivity index (χ0n) is 10.4. The number of nitrogens with two attached hydrogens (primary N) is 1. The Morgan fingerprint density at radius 1 is 1.50 bits per heavy atom. The highest BCUT2D eigenvalue weighted by Crippen LogP contribution is 2.46. The Hall–Kier alpha value is -0.770. The van der Waals surface area contributed by atoms with E-state index in [0.29, 0.717) is 5.92 Å². The SMILES string of the molecule is CC(C)(C)OC(=O)N[C@@H]1C[C@@H]2CC[C@@]1(N)C2. The average molecular weight is 226 g/mol. The summed E-state index contributed by atoms with van der Waals surface area (Å²) in [6, 6.07) is 0.0982. The molecule has 2 rings (SSSR count). The Kier molecular flexibility index (Phi) is 2.65. The highest BCUT2D eigenvalue weighted by molar-refractivity contribution is 5.68. The number of fused-ring (bicyclic) bond motifs is 2. The molecule has 4 heteroatoms. The molecule has 2 aliphatic carbocycles. The summed E-state index contributed by atoms with van der Waals surface area (Å²) in [6.45, 7) is 5.60. The molecular weight excluding hydrogens is 204 g/mol. The molecule has 16 heavy (non-hydrogen) atoms. The van der Waals surface area contributed by atoms with Crippen LogP contribution in [0.25, 0.3) is 0 Å². The van der Waals surface area contributed by atoms with Crippen LogP contribution in [-0.4, -0.2) is 23.3 Å². The largest absolute Gasteiger partial charge is 0.444 e. The molecule has 0 aromatic rings. The Balaban J connectivity index is 1.89. The third kappa shape index (κ3) is 2.32. The highest BCUT2D eigenvalue weighted by atomic mass is 16.6. The average Bonchev–Trinajstić information content (AvgIpc) is 2.55. The van der Waals surface area contributed by atoms with Gasteiger partial charge in [-0.15, -0.1) is 0 Å². The van der Waals surface area contributed by atoms with Crippen LogP contribution in [0, 0.1) is 5.92 Å². The van der Waals surface area contributed by atoms with Gasteiger partial charge in [0.15, 0.2) is 0 Å². The van der Waals surface area contributed by atoms with Gasteiger partial charge in [0.1, 0.15) is 5.60 Å². The predicted octanol–water partition coefficient (Wildman–Crippen LogP) is 1.78. The van der Waals surface area contributed by atoms with Gasteiger partial charge in [0.25, 0.3) is 0 Å². The van der Waals surface area contributed by atoms with Crippen LogP contribution < -0.4 is 11.1 Å². The first-order valence-electron chi connectivity index (χ1n) is 6.07. The monoisotopic (exact) mass is 226 g/mol. The van der Waals surface area contributed by atoms with Crippen molar-refractivity contribution in [3.63, 3.8) is 0 Å². The minimum atomic E-state index is -0.441. The van der Waals surface area contributed by atoms with Crippen LogP contribution in [0.3, 0.4) is 0 Å². The van der Waals surface area contributed by atoms with Crippen molar-refractivity contribution in [3.8, 4) is 0 Å². The number of nitrogens with one attached hydrogen (secondary N) is 1. The molecule has 92 valence electrons. The first kappa shape index (κ1) is 11.7. The van der Waals surface area contributed by atoms with Crippen LogP contribution in [0.15, 0.2) is 0 Å². The molecule has 2 aliphatic rings. The van der Waals surface area contributed by atoms with E-state index >= 15 is 0 Å². The number of hydrogen-bond acceptors (Lipinski definition) is 3. The summed E-state index contributed by atoms with van der Waals surface area (Å²) in [6.07, 6.45) is 3.96. The van der Waals surface area contributed by atoms with E-state index in [0.717, 1.165) is 19.3 Å². The second-order valence-corrected chi connectivity index (χ2v) is 6.28. The van der Waals surface area contributed by atoms with Crippen LogP contribution in [0.4, 0.5) is 4.79 Å². The molecule has 0 unspecified atom stereocenters. The third-order valence-electron chi connectivity index (χ3n) is 3.64. The van der Waals surface area contributed by atoms with E-state index in [2.05, 4.69) is 5.32 Å². The molecule has 2 fully saturated rings. The van der Waals surface area contributed by atoms with Gasteiger partial charge in [0.05, 0.1) is 6.04 Å². The molecule has 2 bridgehead atoms. The molecule has 4 nitrogen and oxygen atoms in total. The van der Waals surface area contributed by atoms with Gasteiger partial charge in [-0.2, -0.15) is 0 Å². The molecule has 3 N–H and O–H groups in total. The van der Waals surface area contributed by atoms with Crippen molar-refractivity contribution in [3.05, 3.63) is 0 Å². The van der Waals surface area contributed by atoms with Crippen molar-refractivity contribution in [2.75, 3.05) is 0 Å². The lowest BCUT2D eigenvalue weighted by molar-refractivity contribution is 0.0479. The number of ether oxygens (including phenoxy) is 1. The number of rotatable bonds is 1. The fourth-order valence-corrected chi connectivity index (χ4v) is 2.95. The Morgan fingerprint density at radius 3 is 2.62 bits per heavy atom. The molecule has 3 atom stereocenters. The van der Waals surface area contributed by atoms with E-state index in [4.69, 9.17) is 10.5 Å². The maximum atomic E-state index is 11.6. The van der Waals surface area contributed by atoms with Crippen molar-refractivity contribution in [2.45, 2.75) is 63.6 Å². The summed E-state index contributed by atoms with van der Waals surface area (Å²) in [5.74, 6) is 0.699. The molecule has 0 aromatic heterocycles. The quantitative estimate of drug-likeness (QED) is 0.716. The van der Waals surface area contributed by atoms with Crippen molar-refractivity contribution in [1.82, 2.24) is 5.32 Å². The number of alkyl carbamates (subject to hydrolysis) is 1. The number of hydrogen-bond donors (Lipinski definition) is 2. The van der Waals surface area contributed by atoms with Crippen LogP contribution in [0.5, 0.6) is 0 Å². The zero-order chi connectivity index (χ0) is 12.0. The number of carbonyl (C=O) groups excluding carboxylic acids is 1. The van der Waals surface area contributed by atoms with Crippen LogP contribution in [0.1, 0.15) is 46.5 Å². The minimum Gasteiger partial charge on any atom is -0.444 e. The van der Waals surface area contributed by atoms with Gasteiger partial charge in [0, 0.05) is 5.54 Å². The lowest BCUT2D eigenvalue weighted by Gasteiger charge is -2.32. The molecule has 0 heterocycles. The molecule has 2 saturated carbocycles. The minimum absolute atomic E-state index is 0.0982. The molecule has 0 aromatic carbocycles. The van der Waals surface area contributed by atoms with Gasteiger partial charge in [0.2, 0.25) is 0 Å². The van der Waals surface area contributed by atoms with Gasteiger partial charge in [-0.05, 0) is 52.4 Å². The first-order valence-corrected chi connectivity index (χ1v) is 6.07. The van der Waals surface area contributed by atoms with Gasteiger partial charge < -0.3 is 15.8 Å². The van der Waals surface area contributed by atoms with Gasteiger partial charge in [-0.3, -0.25) is 0 Å². The topological polar surface area (TPSA) is 64.3 Å². The van der Waals surface area contributed by atoms with Crippen molar-refractivity contribution in [1.29, 1.82) is 0 Å². The molecule has 0 aliphatic heterocycles. The second-order valence-electron chi connectivity index (χ2n) is 6.28. The maximum Gasteiger partial charge on any atom is 0.407 e. The van der Waals surface area contributed by atoms with E-state index in [9.17, 15) is 4.79 Å². The molecule has 0 spiro atoms. The molecule has 0 radical (unpaired) electrons. The summed E-state index contributed by atoms with van der Waals surface area (Å²) >= 11 is 0. The van der Waals surface area contributed by atoms with E-state index in [1.807, 2.05) is 20.8 Å². The van der Waals surface area contributed by atoms with Crippen molar-refractivity contribution >= 4 is 6.09 Å². The molecule has 0 saturated heterocycles. The van der Waals surface area contributed by atoms with Crippen molar-refractivity contribution < 1.29 is 9.53 Å².